The summed E-state index contributed by atoms with van der Waals surface area (Å²) in [6, 6.07) is 14.6. The van der Waals surface area contributed by atoms with E-state index in [9.17, 15) is 0 Å². The van der Waals surface area contributed by atoms with E-state index in [4.69, 9.17) is 0 Å². The summed E-state index contributed by atoms with van der Waals surface area (Å²) in [6.07, 6.45) is 3.73. The summed E-state index contributed by atoms with van der Waals surface area (Å²) in [5, 5.41) is 0. The molecule has 0 atom stereocenters. The highest BCUT2D eigenvalue weighted by molar-refractivity contribution is 5.46. The summed E-state index contributed by atoms with van der Waals surface area (Å²) in [6.45, 7) is 4.08. The minimum absolute atomic E-state index is 0.911. The smallest absolute Gasteiger partial charge is 0.0444 e. The van der Waals surface area contributed by atoms with Crippen LogP contribution < -0.4 is 4.90 Å². The molecule has 2 heteroatoms. The molecule has 0 aliphatic carbocycles. The van der Waals surface area contributed by atoms with Gasteiger partial charge in [-0.05, 0) is 30.7 Å². The van der Waals surface area contributed by atoms with Crippen molar-refractivity contribution in [3.8, 4) is 0 Å². The van der Waals surface area contributed by atoms with E-state index in [0.29, 0.717) is 0 Å². The maximum Gasteiger partial charge on any atom is 0.0444 e. The number of nitrogens with zero attached hydrogens (tertiary/aromatic N) is 2. The largest absolute Gasteiger partial charge is 0.367 e. The number of pyridine rings is 1. The second-order valence-electron chi connectivity index (χ2n) is 3.71. The average molecular weight is 212 g/mol. The van der Waals surface area contributed by atoms with E-state index < -0.39 is 0 Å². The van der Waals surface area contributed by atoms with Gasteiger partial charge >= 0.3 is 0 Å². The minimum Gasteiger partial charge on any atom is -0.367 e. The first-order valence-corrected chi connectivity index (χ1v) is 5.59. The normalized spacial score (nSPS) is 10.1. The van der Waals surface area contributed by atoms with Gasteiger partial charge in [-0.25, -0.2) is 0 Å². The first kappa shape index (κ1) is 10.7. The summed E-state index contributed by atoms with van der Waals surface area (Å²) >= 11 is 0. The van der Waals surface area contributed by atoms with Gasteiger partial charge in [0.15, 0.2) is 0 Å². The molecule has 1 aromatic heterocycles. The fourth-order valence-electron chi connectivity index (χ4n) is 1.74. The van der Waals surface area contributed by atoms with Gasteiger partial charge in [-0.15, -0.1) is 0 Å². The molecule has 0 fully saturated rings. The van der Waals surface area contributed by atoms with Crippen LogP contribution in [-0.2, 0) is 6.54 Å². The fourth-order valence-corrected chi connectivity index (χ4v) is 1.74. The lowest BCUT2D eigenvalue weighted by molar-refractivity contribution is 0.828. The topological polar surface area (TPSA) is 16.1 Å². The van der Waals surface area contributed by atoms with Gasteiger partial charge in [0, 0.05) is 31.2 Å². The Bertz CT molecular complexity index is 411. The Balaban J connectivity index is 2.13. The number of anilines is 1. The first-order valence-electron chi connectivity index (χ1n) is 5.59. The van der Waals surface area contributed by atoms with E-state index in [1.165, 1.54) is 11.3 Å². The minimum atomic E-state index is 0.911. The van der Waals surface area contributed by atoms with Gasteiger partial charge in [0.25, 0.3) is 0 Å². The fraction of sp³-hybridized carbons (Fsp3) is 0.214. The number of para-hydroxylation sites is 1. The van der Waals surface area contributed by atoms with E-state index in [-0.39, 0.29) is 0 Å². The van der Waals surface area contributed by atoms with Crippen LogP contribution in [0.4, 0.5) is 5.69 Å². The van der Waals surface area contributed by atoms with Crippen LogP contribution in [0.2, 0.25) is 0 Å². The molecule has 0 N–H and O–H groups in total. The Morgan fingerprint density at radius 2 is 1.88 bits per heavy atom. The van der Waals surface area contributed by atoms with Crippen molar-refractivity contribution >= 4 is 5.69 Å². The van der Waals surface area contributed by atoms with Crippen molar-refractivity contribution in [3.63, 3.8) is 0 Å². The molecule has 0 saturated carbocycles. The lowest BCUT2D eigenvalue weighted by atomic mass is 10.2. The van der Waals surface area contributed by atoms with Gasteiger partial charge < -0.3 is 4.90 Å². The van der Waals surface area contributed by atoms with Crippen molar-refractivity contribution in [1.29, 1.82) is 0 Å². The lowest BCUT2D eigenvalue weighted by Gasteiger charge is -2.22. The molecule has 16 heavy (non-hydrogen) atoms. The molecule has 2 rings (SSSR count). The van der Waals surface area contributed by atoms with E-state index in [2.05, 4.69) is 47.1 Å². The standard InChI is InChI=1S/C14H16N2/c1-2-16(14-8-4-3-5-9-14)12-13-7-6-10-15-11-13/h3-11H,2,12H2,1H3. The molecule has 0 aliphatic heterocycles. The summed E-state index contributed by atoms with van der Waals surface area (Å²) in [5.74, 6) is 0. The summed E-state index contributed by atoms with van der Waals surface area (Å²) in [5.41, 5.74) is 2.50. The lowest BCUT2D eigenvalue weighted by Crippen LogP contribution is -2.21. The van der Waals surface area contributed by atoms with Crippen molar-refractivity contribution in [2.24, 2.45) is 0 Å². The SMILES string of the molecule is CCN(Cc1cccnc1)c1ccccc1. The zero-order chi connectivity index (χ0) is 11.2. The van der Waals surface area contributed by atoms with Crippen molar-refractivity contribution in [2.75, 3.05) is 11.4 Å². The van der Waals surface area contributed by atoms with E-state index >= 15 is 0 Å². The number of aromatic nitrogens is 1. The van der Waals surface area contributed by atoms with Crippen molar-refractivity contribution < 1.29 is 0 Å². The highest BCUT2D eigenvalue weighted by atomic mass is 15.1. The Morgan fingerprint density at radius 3 is 2.50 bits per heavy atom. The Kier molecular flexibility index (Phi) is 3.54. The third-order valence-electron chi connectivity index (χ3n) is 2.60. The average Bonchev–Trinajstić information content (AvgIpc) is 2.38. The van der Waals surface area contributed by atoms with Gasteiger partial charge in [-0.2, -0.15) is 0 Å². The quantitative estimate of drug-likeness (QED) is 0.774. The molecule has 2 nitrogen and oxygen atoms in total. The molecular weight excluding hydrogens is 196 g/mol. The molecule has 0 unspecified atom stereocenters. The monoisotopic (exact) mass is 212 g/mol. The molecule has 2 aromatic rings. The second-order valence-corrected chi connectivity index (χ2v) is 3.71. The van der Waals surface area contributed by atoms with E-state index in [1.54, 1.807) is 0 Å². The molecule has 0 aliphatic rings. The van der Waals surface area contributed by atoms with Crippen LogP contribution in [0.5, 0.6) is 0 Å². The molecule has 1 aromatic carbocycles. The van der Waals surface area contributed by atoms with Gasteiger partial charge in [0.05, 0.1) is 0 Å². The number of rotatable bonds is 4. The number of benzene rings is 1. The predicted molar refractivity (Wildman–Crippen MR) is 67.4 cm³/mol. The zero-order valence-corrected chi connectivity index (χ0v) is 9.50. The molecule has 1 heterocycles. The Hall–Kier alpha value is -1.83. The van der Waals surface area contributed by atoms with Crippen molar-refractivity contribution in [1.82, 2.24) is 4.98 Å². The second kappa shape index (κ2) is 5.31. The van der Waals surface area contributed by atoms with Gasteiger partial charge in [0.1, 0.15) is 0 Å². The van der Waals surface area contributed by atoms with Crippen LogP contribution in [0.25, 0.3) is 0 Å². The summed E-state index contributed by atoms with van der Waals surface area (Å²) in [4.78, 5) is 6.47. The summed E-state index contributed by atoms with van der Waals surface area (Å²) in [7, 11) is 0. The molecule has 0 bridgehead atoms. The third-order valence-corrected chi connectivity index (χ3v) is 2.60. The van der Waals surface area contributed by atoms with Crippen molar-refractivity contribution in [2.45, 2.75) is 13.5 Å². The van der Waals surface area contributed by atoms with Crippen LogP contribution in [0, 0.1) is 0 Å². The Morgan fingerprint density at radius 1 is 1.06 bits per heavy atom. The molecule has 82 valence electrons. The number of hydrogen-bond donors (Lipinski definition) is 0. The van der Waals surface area contributed by atoms with Crippen LogP contribution in [-0.4, -0.2) is 11.5 Å². The molecule has 0 saturated heterocycles. The predicted octanol–water partition coefficient (Wildman–Crippen LogP) is 3.11. The van der Waals surface area contributed by atoms with E-state index in [1.807, 2.05) is 24.5 Å². The van der Waals surface area contributed by atoms with Crippen LogP contribution in [0.3, 0.4) is 0 Å². The zero-order valence-electron chi connectivity index (χ0n) is 9.50. The van der Waals surface area contributed by atoms with Gasteiger partial charge in [0.2, 0.25) is 0 Å². The maximum atomic E-state index is 4.14. The van der Waals surface area contributed by atoms with Crippen LogP contribution in [0.15, 0.2) is 54.9 Å². The molecule has 0 spiro atoms. The highest BCUT2D eigenvalue weighted by Gasteiger charge is 2.03. The molecule has 0 amide bonds. The number of hydrogen-bond acceptors (Lipinski definition) is 2. The third kappa shape index (κ3) is 2.60. The maximum absolute atomic E-state index is 4.14. The van der Waals surface area contributed by atoms with Crippen LogP contribution >= 0.6 is 0 Å². The van der Waals surface area contributed by atoms with Gasteiger partial charge in [-0.1, -0.05) is 24.3 Å². The highest BCUT2D eigenvalue weighted by Crippen LogP contribution is 2.15. The van der Waals surface area contributed by atoms with Gasteiger partial charge in [-0.3, -0.25) is 4.98 Å². The summed E-state index contributed by atoms with van der Waals surface area (Å²) < 4.78 is 0. The molecular formula is C14H16N2. The molecule has 0 radical (unpaired) electrons. The van der Waals surface area contributed by atoms with Crippen molar-refractivity contribution in [3.05, 3.63) is 60.4 Å². The first-order chi connectivity index (χ1) is 7.90. The van der Waals surface area contributed by atoms with Crippen LogP contribution in [0.1, 0.15) is 12.5 Å². The van der Waals surface area contributed by atoms with E-state index in [0.717, 1.165) is 13.1 Å². The Labute approximate surface area is 96.6 Å².